The van der Waals surface area contributed by atoms with Gasteiger partial charge in [-0.05, 0) is 37.1 Å². The van der Waals surface area contributed by atoms with Crippen LogP contribution in [0.1, 0.15) is 31.4 Å². The Hall–Kier alpha value is -3.34. The number of hydrogen-bond acceptors (Lipinski definition) is 7. The Labute approximate surface area is 186 Å². The van der Waals surface area contributed by atoms with Crippen LogP contribution in [0.25, 0.3) is 0 Å². The minimum absolute atomic E-state index is 0.0197. The average Bonchev–Trinajstić information content (AvgIpc) is 2.75. The van der Waals surface area contributed by atoms with Crippen molar-refractivity contribution in [2.24, 2.45) is 0 Å². The molecule has 1 aliphatic heterocycles. The summed E-state index contributed by atoms with van der Waals surface area (Å²) in [6.45, 7) is 2.83. The zero-order valence-electron chi connectivity index (χ0n) is 17.8. The molecule has 172 valence electrons. The number of carbonyl (C=O) groups excluding carboxylic acids is 1. The maximum absolute atomic E-state index is 12.4. The fraction of sp³-hybridized carbons (Fsp3) is 0.381. The molecule has 0 unspecified atom stereocenters. The minimum atomic E-state index is -3.68. The quantitative estimate of drug-likeness (QED) is 0.447. The number of anilines is 1. The Kier molecular flexibility index (Phi) is 7.18. The predicted molar refractivity (Wildman–Crippen MR) is 119 cm³/mol. The molecule has 1 aliphatic rings. The van der Waals surface area contributed by atoms with Crippen LogP contribution in [0, 0.1) is 10.1 Å². The third-order valence-electron chi connectivity index (χ3n) is 4.94. The molecule has 11 heteroatoms. The molecule has 1 atom stereocenters. The third-order valence-corrected chi connectivity index (χ3v) is 6.13. The summed E-state index contributed by atoms with van der Waals surface area (Å²) in [5.74, 6) is 1.07. The molecule has 0 saturated heterocycles. The van der Waals surface area contributed by atoms with Crippen molar-refractivity contribution >= 4 is 27.3 Å². The highest BCUT2D eigenvalue weighted by Crippen LogP contribution is 2.32. The Balaban J connectivity index is 1.58. The number of ether oxygens (including phenoxy) is 2. The molecule has 3 rings (SSSR count). The van der Waals surface area contributed by atoms with Crippen molar-refractivity contribution in [1.82, 2.24) is 5.32 Å². The Morgan fingerprint density at radius 1 is 1.19 bits per heavy atom. The Bertz CT molecular complexity index is 1100. The van der Waals surface area contributed by atoms with Gasteiger partial charge >= 0.3 is 0 Å². The van der Waals surface area contributed by atoms with Gasteiger partial charge in [-0.1, -0.05) is 12.1 Å². The minimum Gasteiger partial charge on any atom is -0.486 e. The highest BCUT2D eigenvalue weighted by Gasteiger charge is 2.20. The summed E-state index contributed by atoms with van der Waals surface area (Å²) in [7, 11) is -3.68. The van der Waals surface area contributed by atoms with E-state index in [0.717, 1.165) is 16.1 Å². The lowest BCUT2D eigenvalue weighted by atomic mass is 10.1. The van der Waals surface area contributed by atoms with Gasteiger partial charge in [-0.2, -0.15) is 0 Å². The van der Waals surface area contributed by atoms with Gasteiger partial charge in [-0.25, -0.2) is 8.42 Å². The normalized spacial score (nSPS) is 13.8. The topological polar surface area (TPSA) is 128 Å². The average molecular weight is 464 g/mol. The van der Waals surface area contributed by atoms with Gasteiger partial charge in [0.25, 0.3) is 5.69 Å². The molecule has 0 spiro atoms. The second kappa shape index (κ2) is 9.86. The van der Waals surface area contributed by atoms with E-state index in [-0.39, 0.29) is 42.7 Å². The number of rotatable bonds is 9. The van der Waals surface area contributed by atoms with Crippen LogP contribution in [0.4, 0.5) is 11.4 Å². The summed E-state index contributed by atoms with van der Waals surface area (Å²) in [5, 5.41) is 13.9. The first-order valence-corrected chi connectivity index (χ1v) is 11.9. The van der Waals surface area contributed by atoms with Crippen LogP contribution in [-0.2, 0) is 14.8 Å². The number of non-ortho nitro benzene ring substituents is 1. The van der Waals surface area contributed by atoms with Gasteiger partial charge in [-0.3, -0.25) is 19.2 Å². The van der Waals surface area contributed by atoms with Crippen LogP contribution in [0.2, 0.25) is 0 Å². The first-order valence-electron chi connectivity index (χ1n) is 10.1. The number of fused-ring (bicyclic) bond motifs is 1. The van der Waals surface area contributed by atoms with Gasteiger partial charge in [0.1, 0.15) is 13.2 Å². The molecule has 0 aliphatic carbocycles. The van der Waals surface area contributed by atoms with Crippen LogP contribution in [-0.4, -0.2) is 45.3 Å². The zero-order valence-corrected chi connectivity index (χ0v) is 18.6. The molecular weight excluding hydrogens is 438 g/mol. The van der Waals surface area contributed by atoms with E-state index in [1.54, 1.807) is 6.07 Å². The highest BCUT2D eigenvalue weighted by molar-refractivity contribution is 7.92. The van der Waals surface area contributed by atoms with E-state index in [4.69, 9.17) is 9.47 Å². The van der Waals surface area contributed by atoms with Crippen molar-refractivity contribution in [3.8, 4) is 11.5 Å². The van der Waals surface area contributed by atoms with E-state index < -0.39 is 14.9 Å². The van der Waals surface area contributed by atoms with Crippen molar-refractivity contribution in [3.63, 3.8) is 0 Å². The number of carbonyl (C=O) groups is 1. The predicted octanol–water partition coefficient (Wildman–Crippen LogP) is 2.79. The zero-order chi connectivity index (χ0) is 23.3. The number of nitrogens with zero attached hydrogens (tertiary/aromatic N) is 2. The van der Waals surface area contributed by atoms with E-state index in [1.807, 2.05) is 19.1 Å². The molecular formula is C21H25N3O7S. The lowest BCUT2D eigenvalue weighted by Crippen LogP contribution is -2.32. The summed E-state index contributed by atoms with van der Waals surface area (Å²) in [4.78, 5) is 22.8. The van der Waals surface area contributed by atoms with E-state index in [1.165, 1.54) is 24.3 Å². The van der Waals surface area contributed by atoms with Crippen LogP contribution in [0.5, 0.6) is 11.5 Å². The van der Waals surface area contributed by atoms with Crippen molar-refractivity contribution in [2.75, 3.05) is 30.3 Å². The molecule has 1 amide bonds. The molecule has 10 nitrogen and oxygen atoms in total. The smallest absolute Gasteiger partial charge is 0.271 e. The van der Waals surface area contributed by atoms with Gasteiger partial charge in [0.05, 0.1) is 22.9 Å². The van der Waals surface area contributed by atoms with E-state index in [2.05, 4.69) is 5.32 Å². The molecule has 0 bridgehead atoms. The van der Waals surface area contributed by atoms with Crippen LogP contribution >= 0.6 is 0 Å². The molecule has 1 N–H and O–H groups in total. The van der Waals surface area contributed by atoms with E-state index in [0.29, 0.717) is 24.7 Å². The monoisotopic (exact) mass is 463 g/mol. The summed E-state index contributed by atoms with van der Waals surface area (Å²) in [5.41, 5.74) is 0.839. The number of hydrogen-bond donors (Lipinski definition) is 1. The fourth-order valence-electron chi connectivity index (χ4n) is 3.36. The molecule has 2 aromatic carbocycles. The van der Waals surface area contributed by atoms with E-state index >= 15 is 0 Å². The van der Waals surface area contributed by atoms with Crippen LogP contribution in [0.3, 0.4) is 0 Å². The van der Waals surface area contributed by atoms with Gasteiger partial charge in [0.15, 0.2) is 11.5 Å². The van der Waals surface area contributed by atoms with Gasteiger partial charge in [0.2, 0.25) is 15.9 Å². The number of nitro groups is 1. The lowest BCUT2D eigenvalue weighted by Gasteiger charge is -2.23. The second-order valence-corrected chi connectivity index (χ2v) is 9.31. The maximum Gasteiger partial charge on any atom is 0.271 e. The SMILES string of the molecule is C[C@H](NC(=O)CCCN(c1cccc([N+](=O)[O-])c1)S(C)(=O)=O)c1ccc2c(c1)OCCO2. The third kappa shape index (κ3) is 5.88. The van der Waals surface area contributed by atoms with Crippen molar-refractivity contribution in [3.05, 3.63) is 58.1 Å². The van der Waals surface area contributed by atoms with Gasteiger partial charge in [-0.15, -0.1) is 0 Å². The summed E-state index contributed by atoms with van der Waals surface area (Å²) in [6.07, 6.45) is 1.36. The summed E-state index contributed by atoms with van der Waals surface area (Å²) < 4.78 is 36.5. The number of amides is 1. The summed E-state index contributed by atoms with van der Waals surface area (Å²) >= 11 is 0. The maximum atomic E-state index is 12.4. The van der Waals surface area contributed by atoms with Crippen molar-refractivity contribution in [1.29, 1.82) is 0 Å². The van der Waals surface area contributed by atoms with E-state index in [9.17, 15) is 23.3 Å². The standard InChI is InChI=1S/C21H25N3O7S/c1-15(16-8-9-19-20(13-16)31-12-11-30-19)22-21(25)7-4-10-23(32(2,28)29)17-5-3-6-18(14-17)24(26)27/h3,5-6,8-9,13-15H,4,7,10-12H2,1-2H3,(H,22,25)/t15-/m0/s1. The number of nitro benzene ring substituents is 1. The van der Waals surface area contributed by atoms with Crippen LogP contribution < -0.4 is 19.1 Å². The molecule has 0 fully saturated rings. The lowest BCUT2D eigenvalue weighted by molar-refractivity contribution is -0.384. The number of benzene rings is 2. The summed E-state index contributed by atoms with van der Waals surface area (Å²) in [6, 6.07) is 10.6. The number of nitrogens with one attached hydrogen (secondary N) is 1. The Morgan fingerprint density at radius 2 is 1.91 bits per heavy atom. The highest BCUT2D eigenvalue weighted by atomic mass is 32.2. The Morgan fingerprint density at radius 3 is 2.59 bits per heavy atom. The molecule has 0 aromatic heterocycles. The molecule has 1 heterocycles. The molecule has 2 aromatic rings. The van der Waals surface area contributed by atoms with Crippen molar-refractivity contribution in [2.45, 2.75) is 25.8 Å². The van der Waals surface area contributed by atoms with Crippen molar-refractivity contribution < 1.29 is 27.6 Å². The fourth-order valence-corrected chi connectivity index (χ4v) is 4.31. The second-order valence-electron chi connectivity index (χ2n) is 7.41. The van der Waals surface area contributed by atoms with Gasteiger partial charge < -0.3 is 14.8 Å². The van der Waals surface area contributed by atoms with Crippen LogP contribution in [0.15, 0.2) is 42.5 Å². The molecule has 32 heavy (non-hydrogen) atoms. The largest absolute Gasteiger partial charge is 0.486 e. The first-order chi connectivity index (χ1) is 15.1. The molecule has 0 saturated carbocycles. The number of sulfonamides is 1. The first kappa shape index (κ1) is 23.3. The molecule has 0 radical (unpaired) electrons. The van der Waals surface area contributed by atoms with Gasteiger partial charge in [0, 0.05) is 25.1 Å².